The third kappa shape index (κ3) is 5.07. The summed E-state index contributed by atoms with van der Waals surface area (Å²) in [5.41, 5.74) is 6.02. The molecule has 0 heterocycles. The fraction of sp³-hybridized carbons (Fsp3) is 0.250. The molecule has 3 rings (SSSR count). The molecule has 2 amide bonds. The van der Waals surface area contributed by atoms with E-state index < -0.39 is 24.6 Å². The normalized spacial score (nSPS) is 14.1. The van der Waals surface area contributed by atoms with E-state index >= 15 is 0 Å². The molecule has 0 unspecified atom stereocenters. The number of nitrogens with two attached hydrogens (primary N) is 1. The van der Waals surface area contributed by atoms with Crippen molar-refractivity contribution in [1.82, 2.24) is 5.32 Å². The van der Waals surface area contributed by atoms with Crippen molar-refractivity contribution in [2.75, 3.05) is 6.61 Å². The SMILES string of the molecule is NC(=O)c1ccccc1OCC(=O)O[C@H](C(=O)NC1CC1)c1ccccc1. The standard InChI is InChI=1S/C20H20N2O5/c21-19(24)15-8-4-5-9-16(15)26-12-17(23)27-18(13-6-2-1-3-7-13)20(25)22-14-10-11-14/h1-9,14,18H,10-12H2,(H2,21,24)(H,22,25)/t18-/m0/s1. The van der Waals surface area contributed by atoms with Crippen LogP contribution in [0.3, 0.4) is 0 Å². The summed E-state index contributed by atoms with van der Waals surface area (Å²) in [5.74, 6) is -1.57. The van der Waals surface area contributed by atoms with Gasteiger partial charge in [0.25, 0.3) is 11.8 Å². The Bertz CT molecular complexity index is 833. The molecule has 0 radical (unpaired) electrons. The van der Waals surface area contributed by atoms with Crippen LogP contribution in [0.25, 0.3) is 0 Å². The highest BCUT2D eigenvalue weighted by molar-refractivity contribution is 5.95. The van der Waals surface area contributed by atoms with Gasteiger partial charge in [-0.05, 0) is 25.0 Å². The van der Waals surface area contributed by atoms with Crippen molar-refractivity contribution in [1.29, 1.82) is 0 Å². The fourth-order valence-electron chi connectivity index (χ4n) is 2.50. The molecule has 1 atom stereocenters. The van der Waals surface area contributed by atoms with Crippen LogP contribution in [0.5, 0.6) is 5.75 Å². The van der Waals surface area contributed by atoms with E-state index in [1.165, 1.54) is 12.1 Å². The van der Waals surface area contributed by atoms with Gasteiger partial charge in [-0.2, -0.15) is 0 Å². The summed E-state index contributed by atoms with van der Waals surface area (Å²) in [6.45, 7) is -0.454. The van der Waals surface area contributed by atoms with Gasteiger partial charge in [-0.15, -0.1) is 0 Å². The summed E-state index contributed by atoms with van der Waals surface area (Å²) in [4.78, 5) is 36.1. The van der Waals surface area contributed by atoms with Gasteiger partial charge in [0.2, 0.25) is 6.10 Å². The van der Waals surface area contributed by atoms with Crippen molar-refractivity contribution in [3.63, 3.8) is 0 Å². The highest BCUT2D eigenvalue weighted by Gasteiger charge is 2.30. The number of carbonyl (C=O) groups is 3. The van der Waals surface area contributed by atoms with Crippen LogP contribution in [0, 0.1) is 0 Å². The van der Waals surface area contributed by atoms with Crippen molar-refractivity contribution in [3.05, 3.63) is 65.7 Å². The van der Waals surface area contributed by atoms with Crippen LogP contribution in [0.15, 0.2) is 54.6 Å². The van der Waals surface area contributed by atoms with Crippen LogP contribution in [0.1, 0.15) is 34.9 Å². The van der Waals surface area contributed by atoms with Crippen LogP contribution in [-0.4, -0.2) is 30.4 Å². The van der Waals surface area contributed by atoms with Crippen LogP contribution in [0.2, 0.25) is 0 Å². The van der Waals surface area contributed by atoms with Crippen molar-refractivity contribution < 1.29 is 23.9 Å². The van der Waals surface area contributed by atoms with Gasteiger partial charge in [-0.3, -0.25) is 9.59 Å². The molecule has 1 aliphatic carbocycles. The van der Waals surface area contributed by atoms with Gasteiger partial charge in [-0.1, -0.05) is 42.5 Å². The molecule has 7 nitrogen and oxygen atoms in total. The zero-order valence-corrected chi connectivity index (χ0v) is 14.6. The molecule has 2 aromatic rings. The molecular weight excluding hydrogens is 348 g/mol. The molecule has 0 bridgehead atoms. The summed E-state index contributed by atoms with van der Waals surface area (Å²) < 4.78 is 10.7. The zero-order chi connectivity index (χ0) is 19.2. The van der Waals surface area contributed by atoms with Crippen LogP contribution in [-0.2, 0) is 14.3 Å². The maximum atomic E-state index is 12.5. The monoisotopic (exact) mass is 368 g/mol. The van der Waals surface area contributed by atoms with Crippen molar-refractivity contribution in [2.45, 2.75) is 25.0 Å². The zero-order valence-electron chi connectivity index (χ0n) is 14.6. The first-order chi connectivity index (χ1) is 13.0. The summed E-state index contributed by atoms with van der Waals surface area (Å²) in [6.07, 6.45) is 0.789. The van der Waals surface area contributed by atoms with Crippen LogP contribution in [0.4, 0.5) is 0 Å². The molecule has 7 heteroatoms. The average molecular weight is 368 g/mol. The Kier molecular flexibility index (Phi) is 5.71. The first kappa shape index (κ1) is 18.4. The van der Waals surface area contributed by atoms with E-state index in [1.807, 2.05) is 6.07 Å². The predicted molar refractivity (Wildman–Crippen MR) is 96.9 cm³/mol. The lowest BCUT2D eigenvalue weighted by molar-refractivity contribution is -0.158. The number of esters is 1. The third-order valence-corrected chi connectivity index (χ3v) is 4.01. The minimum Gasteiger partial charge on any atom is -0.481 e. The molecule has 1 aliphatic rings. The molecular formula is C20H20N2O5. The lowest BCUT2D eigenvalue weighted by Gasteiger charge is -2.18. The number of primary amides is 1. The van der Waals surface area contributed by atoms with E-state index in [0.717, 1.165) is 12.8 Å². The lowest BCUT2D eigenvalue weighted by atomic mass is 10.1. The van der Waals surface area contributed by atoms with E-state index in [4.69, 9.17) is 15.2 Å². The van der Waals surface area contributed by atoms with E-state index in [2.05, 4.69) is 5.32 Å². The van der Waals surface area contributed by atoms with Crippen LogP contribution >= 0.6 is 0 Å². The number of rotatable bonds is 8. The van der Waals surface area contributed by atoms with E-state index in [9.17, 15) is 14.4 Å². The van der Waals surface area contributed by atoms with Gasteiger partial charge in [0.1, 0.15) is 5.75 Å². The topological polar surface area (TPSA) is 108 Å². The number of nitrogens with one attached hydrogen (secondary N) is 1. The largest absolute Gasteiger partial charge is 0.481 e. The quantitative estimate of drug-likeness (QED) is 0.690. The minimum atomic E-state index is -1.06. The minimum absolute atomic E-state index is 0.140. The van der Waals surface area contributed by atoms with E-state index in [0.29, 0.717) is 5.56 Å². The summed E-state index contributed by atoms with van der Waals surface area (Å²) in [7, 11) is 0. The van der Waals surface area contributed by atoms with Crippen molar-refractivity contribution in [3.8, 4) is 5.75 Å². The Balaban J connectivity index is 1.66. The molecule has 2 aromatic carbocycles. The van der Waals surface area contributed by atoms with Gasteiger partial charge in [0.05, 0.1) is 5.56 Å². The maximum absolute atomic E-state index is 12.5. The summed E-state index contributed by atoms with van der Waals surface area (Å²) in [6, 6.07) is 15.2. The van der Waals surface area contributed by atoms with Gasteiger partial charge in [-0.25, -0.2) is 4.79 Å². The second-order valence-electron chi connectivity index (χ2n) is 6.21. The lowest BCUT2D eigenvalue weighted by Crippen LogP contribution is -2.34. The molecule has 0 aliphatic heterocycles. The second-order valence-corrected chi connectivity index (χ2v) is 6.21. The maximum Gasteiger partial charge on any atom is 0.345 e. The highest BCUT2D eigenvalue weighted by atomic mass is 16.6. The van der Waals surface area contributed by atoms with Crippen molar-refractivity contribution in [2.24, 2.45) is 5.73 Å². The molecule has 27 heavy (non-hydrogen) atoms. The molecule has 3 N–H and O–H groups in total. The Morgan fingerprint density at radius 1 is 1.04 bits per heavy atom. The average Bonchev–Trinajstić information content (AvgIpc) is 3.49. The Labute approximate surface area is 156 Å². The number of para-hydroxylation sites is 1. The fourth-order valence-corrected chi connectivity index (χ4v) is 2.50. The third-order valence-electron chi connectivity index (χ3n) is 4.01. The smallest absolute Gasteiger partial charge is 0.345 e. The number of benzene rings is 2. The van der Waals surface area contributed by atoms with Crippen molar-refractivity contribution >= 4 is 17.8 Å². The molecule has 1 fully saturated rings. The Morgan fingerprint density at radius 3 is 2.37 bits per heavy atom. The molecule has 0 spiro atoms. The molecule has 140 valence electrons. The Morgan fingerprint density at radius 2 is 1.70 bits per heavy atom. The molecule has 1 saturated carbocycles. The molecule has 0 aromatic heterocycles. The van der Waals surface area contributed by atoms with Gasteiger partial charge < -0.3 is 20.5 Å². The number of hydrogen-bond acceptors (Lipinski definition) is 5. The van der Waals surface area contributed by atoms with E-state index in [-0.39, 0.29) is 23.3 Å². The first-order valence-corrected chi connectivity index (χ1v) is 8.61. The number of carbonyl (C=O) groups excluding carboxylic acids is 3. The Hall–Kier alpha value is -3.35. The summed E-state index contributed by atoms with van der Waals surface area (Å²) >= 11 is 0. The second kappa shape index (κ2) is 8.35. The number of ether oxygens (including phenoxy) is 2. The highest BCUT2D eigenvalue weighted by Crippen LogP contribution is 2.23. The van der Waals surface area contributed by atoms with Gasteiger partial charge in [0.15, 0.2) is 6.61 Å². The number of amides is 2. The van der Waals surface area contributed by atoms with Crippen LogP contribution < -0.4 is 15.8 Å². The van der Waals surface area contributed by atoms with E-state index in [1.54, 1.807) is 36.4 Å². The van der Waals surface area contributed by atoms with Gasteiger partial charge in [0, 0.05) is 11.6 Å². The first-order valence-electron chi connectivity index (χ1n) is 8.61. The molecule has 0 saturated heterocycles. The summed E-state index contributed by atoms with van der Waals surface area (Å²) in [5, 5.41) is 2.84. The van der Waals surface area contributed by atoms with Gasteiger partial charge >= 0.3 is 5.97 Å². The predicted octanol–water partition coefficient (Wildman–Crippen LogP) is 1.73. The number of hydrogen-bond donors (Lipinski definition) is 2.